The average molecular weight is 727 g/mol. The molecule has 0 aliphatic heterocycles. The summed E-state index contributed by atoms with van der Waals surface area (Å²) in [5.74, 6) is 2.82. The summed E-state index contributed by atoms with van der Waals surface area (Å²) >= 11 is 0. The van der Waals surface area contributed by atoms with Gasteiger partial charge in [-0.1, -0.05) is 38.1 Å². The number of amides is 1. The molecule has 5 aromatic rings. The molecule has 0 bridgehead atoms. The van der Waals surface area contributed by atoms with Crippen molar-refractivity contribution in [3.63, 3.8) is 0 Å². The van der Waals surface area contributed by atoms with Gasteiger partial charge in [-0.15, -0.1) is 0 Å². The maximum absolute atomic E-state index is 11.8. The van der Waals surface area contributed by atoms with Crippen LogP contribution in [-0.4, -0.2) is 64.0 Å². The van der Waals surface area contributed by atoms with Gasteiger partial charge in [-0.2, -0.15) is 5.26 Å². The average Bonchev–Trinajstić information content (AvgIpc) is 3.82. The number of furan rings is 1. The van der Waals surface area contributed by atoms with Crippen LogP contribution >= 0.6 is 0 Å². The number of oxazole rings is 1. The van der Waals surface area contributed by atoms with Crippen molar-refractivity contribution in [1.82, 2.24) is 14.8 Å². The van der Waals surface area contributed by atoms with Gasteiger partial charge in [0.25, 0.3) is 0 Å². The second-order valence-corrected chi connectivity index (χ2v) is 12.9. The van der Waals surface area contributed by atoms with Gasteiger partial charge in [-0.3, -0.25) is 9.36 Å². The van der Waals surface area contributed by atoms with E-state index in [4.69, 9.17) is 27.8 Å². The zero-order valence-corrected chi connectivity index (χ0v) is 31.6. The van der Waals surface area contributed by atoms with Gasteiger partial charge in [0.1, 0.15) is 12.3 Å². The first-order valence-corrected chi connectivity index (χ1v) is 17.5. The van der Waals surface area contributed by atoms with Crippen LogP contribution in [-0.2, 0) is 29.7 Å². The van der Waals surface area contributed by atoms with Gasteiger partial charge in [-0.05, 0) is 98.4 Å². The van der Waals surface area contributed by atoms with Crippen LogP contribution in [0, 0.1) is 17.2 Å². The van der Waals surface area contributed by atoms with Crippen LogP contribution < -0.4 is 30.0 Å². The van der Waals surface area contributed by atoms with Gasteiger partial charge in [-0.25, -0.2) is 4.79 Å². The van der Waals surface area contributed by atoms with Gasteiger partial charge in [0, 0.05) is 6.54 Å². The molecule has 2 aromatic heterocycles. The number of fused-ring (bicyclic) bond motifs is 1. The highest BCUT2D eigenvalue weighted by Gasteiger charge is 2.36. The van der Waals surface area contributed by atoms with E-state index in [9.17, 15) is 14.9 Å². The molecule has 5 rings (SSSR count). The lowest BCUT2D eigenvalue weighted by atomic mass is 9.69. The van der Waals surface area contributed by atoms with Gasteiger partial charge < -0.3 is 38.0 Å². The number of nitrogens with zero attached hydrogens (tertiary/aromatic N) is 3. The fourth-order valence-corrected chi connectivity index (χ4v) is 6.19. The highest BCUT2D eigenvalue weighted by atomic mass is 16.5. The van der Waals surface area contributed by atoms with E-state index >= 15 is 0 Å². The lowest BCUT2D eigenvalue weighted by Crippen LogP contribution is -2.32. The van der Waals surface area contributed by atoms with Gasteiger partial charge >= 0.3 is 5.76 Å². The fourth-order valence-electron chi connectivity index (χ4n) is 6.19. The van der Waals surface area contributed by atoms with Crippen LogP contribution in [0.1, 0.15) is 43.6 Å². The van der Waals surface area contributed by atoms with Gasteiger partial charge in [0.2, 0.25) is 5.91 Å². The maximum Gasteiger partial charge on any atom is 0.420 e. The minimum atomic E-state index is -0.580. The maximum atomic E-state index is 11.8. The minimum Gasteiger partial charge on any atom is -0.493 e. The van der Waals surface area contributed by atoms with Crippen molar-refractivity contribution in [2.45, 2.75) is 51.6 Å². The summed E-state index contributed by atoms with van der Waals surface area (Å²) in [5, 5.41) is 12.9. The van der Waals surface area contributed by atoms with Crippen molar-refractivity contribution in [3.8, 4) is 29.1 Å². The van der Waals surface area contributed by atoms with Crippen LogP contribution in [0.15, 0.2) is 92.7 Å². The lowest BCUT2D eigenvalue weighted by molar-refractivity contribution is -0.121. The van der Waals surface area contributed by atoms with E-state index in [-0.39, 0.29) is 24.9 Å². The first-order chi connectivity index (χ1) is 25.6. The van der Waals surface area contributed by atoms with Crippen molar-refractivity contribution in [1.29, 1.82) is 5.26 Å². The summed E-state index contributed by atoms with van der Waals surface area (Å²) in [4.78, 5) is 25.9. The molecule has 12 heteroatoms. The standard InChI is InChI=1S/C27H38N2O4.C14H12N2O4/c1-20(2)27(19-28,22-10-12-24(31-5)26(18-22)33-7)14-8-15-29(3)16-13-21-9-11-23(30-4)25(17-21)32-6;17-13(15-8-10-4-3-7-19-10)9-16-11-5-1-2-6-12(11)20-14(16)18/h9-12,17-18,20H,8,13-16H2,1-7H3;1-7H,8-9H2,(H,15,17). The summed E-state index contributed by atoms with van der Waals surface area (Å²) in [5.41, 5.74) is 2.68. The Labute approximate surface area is 310 Å². The largest absolute Gasteiger partial charge is 0.493 e. The molecular formula is C41H50N4O8. The number of benzene rings is 3. The van der Waals surface area contributed by atoms with Crippen LogP contribution in [0.4, 0.5) is 0 Å². The number of nitrogens with one attached hydrogen (secondary N) is 1. The number of nitriles is 1. The van der Waals surface area contributed by atoms with E-state index in [2.05, 4.69) is 43.2 Å². The Morgan fingerprint density at radius 3 is 2.23 bits per heavy atom. The van der Waals surface area contributed by atoms with Crippen LogP contribution in [0.5, 0.6) is 23.0 Å². The molecule has 1 unspecified atom stereocenters. The Kier molecular flexibility index (Phi) is 14.6. The van der Waals surface area contributed by atoms with E-state index in [0.717, 1.165) is 49.4 Å². The van der Waals surface area contributed by atoms with E-state index in [1.807, 2.05) is 30.3 Å². The van der Waals surface area contributed by atoms with Crippen molar-refractivity contribution >= 4 is 17.0 Å². The number of para-hydroxylation sites is 2. The van der Waals surface area contributed by atoms with E-state index in [1.165, 1.54) is 16.4 Å². The normalized spacial score (nSPS) is 12.1. The van der Waals surface area contributed by atoms with Crippen LogP contribution in [0.3, 0.4) is 0 Å². The Bertz CT molecular complexity index is 2010. The monoisotopic (exact) mass is 726 g/mol. The number of methoxy groups -OCH3 is 4. The van der Waals surface area contributed by atoms with Crippen LogP contribution in [0.2, 0.25) is 0 Å². The number of hydrogen-bond donors (Lipinski definition) is 1. The molecule has 0 saturated heterocycles. The summed E-state index contributed by atoms with van der Waals surface area (Å²) in [6.07, 6.45) is 4.15. The summed E-state index contributed by atoms with van der Waals surface area (Å²) in [6, 6.07) is 25.0. The van der Waals surface area contributed by atoms with Crippen LogP contribution in [0.25, 0.3) is 11.1 Å². The molecule has 282 valence electrons. The van der Waals surface area contributed by atoms with Crippen molar-refractivity contribution in [2.75, 3.05) is 48.6 Å². The molecule has 53 heavy (non-hydrogen) atoms. The minimum absolute atomic E-state index is 0.0868. The Hall–Kier alpha value is -5.67. The lowest BCUT2D eigenvalue weighted by Gasteiger charge is -2.32. The molecule has 0 saturated carbocycles. The molecule has 3 aromatic carbocycles. The van der Waals surface area contributed by atoms with E-state index in [1.54, 1.807) is 64.8 Å². The molecule has 0 aliphatic rings. The van der Waals surface area contributed by atoms with Gasteiger partial charge in [0.05, 0.1) is 58.2 Å². The predicted octanol–water partition coefficient (Wildman–Crippen LogP) is 6.60. The van der Waals surface area contributed by atoms with Crippen molar-refractivity contribution in [2.24, 2.45) is 5.92 Å². The van der Waals surface area contributed by atoms with Crippen molar-refractivity contribution in [3.05, 3.63) is 106 Å². The Morgan fingerprint density at radius 1 is 0.906 bits per heavy atom. The molecule has 0 spiro atoms. The zero-order chi connectivity index (χ0) is 38.4. The molecule has 12 nitrogen and oxygen atoms in total. The number of carbonyl (C=O) groups excluding carboxylic acids is 1. The Balaban J connectivity index is 0.000000265. The van der Waals surface area contributed by atoms with E-state index in [0.29, 0.717) is 28.4 Å². The smallest absolute Gasteiger partial charge is 0.420 e. The third-order valence-corrected chi connectivity index (χ3v) is 9.34. The molecule has 2 heterocycles. The first kappa shape index (κ1) is 40.1. The third-order valence-electron chi connectivity index (χ3n) is 9.34. The topological polar surface area (TPSA) is 141 Å². The van der Waals surface area contributed by atoms with Gasteiger partial charge in [0.15, 0.2) is 28.6 Å². The molecule has 1 amide bonds. The molecular weight excluding hydrogens is 676 g/mol. The summed E-state index contributed by atoms with van der Waals surface area (Å²) in [7, 11) is 8.67. The third kappa shape index (κ3) is 10.2. The first-order valence-electron chi connectivity index (χ1n) is 17.5. The molecule has 1 atom stereocenters. The highest BCUT2D eigenvalue weighted by molar-refractivity contribution is 5.79. The predicted molar refractivity (Wildman–Crippen MR) is 203 cm³/mol. The second kappa shape index (κ2) is 19.2. The zero-order valence-electron chi connectivity index (χ0n) is 31.6. The quantitative estimate of drug-likeness (QED) is 0.111. The Morgan fingerprint density at radius 2 is 1.58 bits per heavy atom. The molecule has 0 radical (unpaired) electrons. The van der Waals surface area contributed by atoms with Crippen molar-refractivity contribution < 1.29 is 32.6 Å². The number of carbonyl (C=O) groups is 1. The fraction of sp³-hybridized carbons (Fsp3) is 0.390. The van der Waals surface area contributed by atoms with E-state index < -0.39 is 11.2 Å². The number of likely N-dealkylation sites (N-methyl/N-ethyl adjacent to an activating group) is 1. The highest BCUT2D eigenvalue weighted by Crippen LogP contribution is 2.40. The number of aromatic nitrogens is 1. The molecule has 1 N–H and O–H groups in total. The molecule has 0 fully saturated rings. The number of ether oxygens (including phenoxy) is 4. The summed E-state index contributed by atoms with van der Waals surface area (Å²) in [6.45, 7) is 6.26. The SMILES string of the molecule is COc1ccc(CCN(C)CCCC(C#N)(c2ccc(OC)c(OC)c2)C(C)C)cc1OC.O=C(Cn1c(=O)oc2ccccc21)NCc1ccco1. The number of rotatable bonds is 17. The molecule has 0 aliphatic carbocycles. The number of hydrogen-bond acceptors (Lipinski definition) is 10. The summed E-state index contributed by atoms with van der Waals surface area (Å²) < 4.78 is 33.1. The second-order valence-electron chi connectivity index (χ2n) is 12.9.